The molecule has 0 aliphatic heterocycles. The van der Waals surface area contributed by atoms with Gasteiger partial charge >= 0.3 is 0 Å². The molecule has 0 amide bonds. The van der Waals surface area contributed by atoms with Crippen molar-refractivity contribution in [3.63, 3.8) is 0 Å². The summed E-state index contributed by atoms with van der Waals surface area (Å²) in [7, 11) is 0. The van der Waals surface area contributed by atoms with Crippen molar-refractivity contribution in [2.75, 3.05) is 6.54 Å². The lowest BCUT2D eigenvalue weighted by Gasteiger charge is -2.09. The summed E-state index contributed by atoms with van der Waals surface area (Å²) in [6.45, 7) is 7.59. The molecule has 1 N–H and O–H groups in total. The summed E-state index contributed by atoms with van der Waals surface area (Å²) in [5.41, 5.74) is 2.81. The van der Waals surface area contributed by atoms with Crippen molar-refractivity contribution >= 4 is 28.7 Å². The minimum atomic E-state index is 0.542. The van der Waals surface area contributed by atoms with Crippen molar-refractivity contribution in [3.05, 3.63) is 39.4 Å². The maximum Gasteiger partial charge on any atom is 0.0351 e. The highest BCUT2D eigenvalue weighted by atomic mass is 32.1. The second kappa shape index (κ2) is 7.04. The Morgan fingerprint density at radius 3 is 2.84 bits per heavy atom. The van der Waals surface area contributed by atoms with Gasteiger partial charge in [-0.3, -0.25) is 0 Å². The molecule has 3 heteroatoms. The molecule has 2 heterocycles. The Morgan fingerprint density at radius 2 is 2.21 bits per heavy atom. The third kappa shape index (κ3) is 4.30. The molecule has 0 saturated carbocycles. The van der Waals surface area contributed by atoms with E-state index in [0.717, 1.165) is 13.0 Å². The van der Waals surface area contributed by atoms with Gasteiger partial charge in [0, 0.05) is 27.9 Å². The average Bonchev–Trinajstić information content (AvgIpc) is 3.04. The van der Waals surface area contributed by atoms with E-state index in [1.54, 1.807) is 11.3 Å². The summed E-state index contributed by atoms with van der Waals surface area (Å²) in [4.78, 5) is 2.71. The van der Waals surface area contributed by atoms with Gasteiger partial charge in [0.05, 0.1) is 0 Å². The summed E-state index contributed by atoms with van der Waals surface area (Å²) in [6.07, 6.45) is 3.43. The molecular formula is C16H21NS2. The van der Waals surface area contributed by atoms with Crippen LogP contribution in [0.5, 0.6) is 0 Å². The molecule has 0 aliphatic carbocycles. The van der Waals surface area contributed by atoms with Crippen molar-refractivity contribution in [1.29, 1.82) is 0 Å². The molecule has 0 bridgehead atoms. The monoisotopic (exact) mass is 291 g/mol. The van der Waals surface area contributed by atoms with Crippen LogP contribution in [0.2, 0.25) is 0 Å². The highest BCUT2D eigenvalue weighted by molar-refractivity contribution is 7.15. The van der Waals surface area contributed by atoms with Crippen molar-refractivity contribution < 1.29 is 0 Å². The molecule has 102 valence electrons. The van der Waals surface area contributed by atoms with Gasteiger partial charge in [0.25, 0.3) is 0 Å². The molecule has 0 aromatic carbocycles. The predicted molar refractivity (Wildman–Crippen MR) is 89.0 cm³/mol. The Kier molecular flexibility index (Phi) is 5.37. The van der Waals surface area contributed by atoms with Gasteiger partial charge < -0.3 is 5.32 Å². The highest BCUT2D eigenvalue weighted by Gasteiger charge is 2.03. The van der Waals surface area contributed by atoms with Gasteiger partial charge in [-0.15, -0.1) is 22.7 Å². The summed E-state index contributed by atoms with van der Waals surface area (Å²) < 4.78 is 0. The molecule has 0 spiro atoms. The summed E-state index contributed by atoms with van der Waals surface area (Å²) >= 11 is 3.63. The Bertz CT molecular complexity index is 521. The molecule has 2 rings (SSSR count). The van der Waals surface area contributed by atoms with Gasteiger partial charge in [-0.25, -0.2) is 0 Å². The van der Waals surface area contributed by atoms with Crippen LogP contribution in [0, 0.1) is 0 Å². The topological polar surface area (TPSA) is 12.0 Å². The average molecular weight is 291 g/mol. The van der Waals surface area contributed by atoms with Gasteiger partial charge in [0.2, 0.25) is 0 Å². The number of nitrogens with one attached hydrogen (secondary N) is 1. The van der Waals surface area contributed by atoms with E-state index in [2.05, 4.69) is 61.1 Å². The fourth-order valence-electron chi connectivity index (χ4n) is 1.82. The largest absolute Gasteiger partial charge is 0.311 e. The SMILES string of the molecule is CCC(=Cc1cc(-c2cccs2)cs1)CNC(C)C. The van der Waals surface area contributed by atoms with E-state index in [1.165, 1.54) is 20.9 Å². The fourth-order valence-corrected chi connectivity index (χ4v) is 3.49. The van der Waals surface area contributed by atoms with E-state index < -0.39 is 0 Å². The number of hydrogen-bond donors (Lipinski definition) is 1. The minimum Gasteiger partial charge on any atom is -0.311 e. The van der Waals surface area contributed by atoms with Crippen LogP contribution in [0.1, 0.15) is 32.1 Å². The Hall–Kier alpha value is -0.900. The van der Waals surface area contributed by atoms with Crippen LogP contribution in [0.25, 0.3) is 16.5 Å². The summed E-state index contributed by atoms with van der Waals surface area (Å²) in [6, 6.07) is 7.12. The first-order valence-electron chi connectivity index (χ1n) is 6.74. The van der Waals surface area contributed by atoms with Gasteiger partial charge in [-0.1, -0.05) is 32.4 Å². The lowest BCUT2D eigenvalue weighted by atomic mass is 10.1. The zero-order valence-electron chi connectivity index (χ0n) is 11.8. The second-order valence-electron chi connectivity index (χ2n) is 4.91. The smallest absolute Gasteiger partial charge is 0.0351 e. The standard InChI is InChI=1S/C16H21NS2/c1-4-13(10-17-12(2)3)8-15-9-14(11-19-15)16-6-5-7-18-16/h5-9,11-12,17H,4,10H2,1-3H3. The Labute approximate surface area is 124 Å². The normalized spacial score (nSPS) is 12.3. The third-order valence-corrected chi connectivity index (χ3v) is 4.76. The first kappa shape index (κ1) is 14.5. The van der Waals surface area contributed by atoms with Crippen molar-refractivity contribution in [1.82, 2.24) is 5.32 Å². The number of rotatable bonds is 6. The van der Waals surface area contributed by atoms with Crippen LogP contribution < -0.4 is 5.32 Å². The third-order valence-electron chi connectivity index (χ3n) is 2.96. The maximum absolute atomic E-state index is 3.49. The fraction of sp³-hybridized carbons (Fsp3) is 0.375. The highest BCUT2D eigenvalue weighted by Crippen LogP contribution is 2.30. The zero-order chi connectivity index (χ0) is 13.7. The zero-order valence-corrected chi connectivity index (χ0v) is 13.4. The van der Waals surface area contributed by atoms with E-state index in [0.29, 0.717) is 6.04 Å². The number of hydrogen-bond acceptors (Lipinski definition) is 3. The van der Waals surface area contributed by atoms with E-state index in [4.69, 9.17) is 0 Å². The van der Waals surface area contributed by atoms with Crippen molar-refractivity contribution in [2.24, 2.45) is 0 Å². The molecule has 0 fully saturated rings. The number of thiophene rings is 2. The quantitative estimate of drug-likeness (QED) is 0.764. The lowest BCUT2D eigenvalue weighted by Crippen LogP contribution is -2.24. The molecule has 0 saturated heterocycles. The molecule has 0 atom stereocenters. The summed E-state index contributed by atoms with van der Waals surface area (Å²) in [5, 5.41) is 7.87. The van der Waals surface area contributed by atoms with Gasteiger partial charge in [-0.2, -0.15) is 0 Å². The summed E-state index contributed by atoms with van der Waals surface area (Å²) in [5.74, 6) is 0. The molecule has 0 unspecified atom stereocenters. The second-order valence-corrected chi connectivity index (χ2v) is 6.80. The minimum absolute atomic E-state index is 0.542. The predicted octanol–water partition coefficient (Wildman–Crippen LogP) is 5.27. The molecular weight excluding hydrogens is 270 g/mol. The van der Waals surface area contributed by atoms with Crippen LogP contribution in [0.15, 0.2) is 34.5 Å². The maximum atomic E-state index is 3.49. The van der Waals surface area contributed by atoms with Gasteiger partial charge in [-0.05, 0) is 35.4 Å². The van der Waals surface area contributed by atoms with Crippen molar-refractivity contribution in [3.8, 4) is 10.4 Å². The first-order chi connectivity index (χ1) is 9.19. The van der Waals surface area contributed by atoms with Gasteiger partial charge in [0.15, 0.2) is 0 Å². The Balaban J connectivity index is 2.09. The molecule has 0 aliphatic rings. The van der Waals surface area contributed by atoms with E-state index in [-0.39, 0.29) is 0 Å². The first-order valence-corrected chi connectivity index (χ1v) is 8.50. The van der Waals surface area contributed by atoms with Crippen LogP contribution in [0.4, 0.5) is 0 Å². The van der Waals surface area contributed by atoms with E-state index in [1.807, 2.05) is 11.3 Å². The van der Waals surface area contributed by atoms with E-state index in [9.17, 15) is 0 Å². The molecule has 1 nitrogen and oxygen atoms in total. The van der Waals surface area contributed by atoms with Crippen LogP contribution >= 0.6 is 22.7 Å². The lowest BCUT2D eigenvalue weighted by molar-refractivity contribution is 0.617. The molecule has 19 heavy (non-hydrogen) atoms. The van der Waals surface area contributed by atoms with E-state index >= 15 is 0 Å². The molecule has 2 aromatic rings. The van der Waals surface area contributed by atoms with Gasteiger partial charge in [0.1, 0.15) is 0 Å². The van der Waals surface area contributed by atoms with Crippen LogP contribution in [-0.4, -0.2) is 12.6 Å². The molecule has 2 aromatic heterocycles. The molecule has 0 radical (unpaired) electrons. The van der Waals surface area contributed by atoms with Crippen molar-refractivity contribution in [2.45, 2.75) is 33.2 Å². The van der Waals surface area contributed by atoms with Crippen LogP contribution in [-0.2, 0) is 0 Å². The van der Waals surface area contributed by atoms with Crippen LogP contribution in [0.3, 0.4) is 0 Å². The Morgan fingerprint density at radius 1 is 1.37 bits per heavy atom.